The van der Waals surface area contributed by atoms with Crippen LogP contribution < -0.4 is 0 Å². The lowest BCUT2D eigenvalue weighted by atomic mass is 9.88. The fourth-order valence-corrected chi connectivity index (χ4v) is 2.84. The topological polar surface area (TPSA) is 60.7 Å². The van der Waals surface area contributed by atoms with E-state index in [0.717, 1.165) is 30.4 Å². The van der Waals surface area contributed by atoms with Gasteiger partial charge in [-0.25, -0.2) is 0 Å². The van der Waals surface area contributed by atoms with E-state index in [9.17, 15) is 15.3 Å². The van der Waals surface area contributed by atoms with Crippen LogP contribution in [0.1, 0.15) is 37.5 Å². The molecule has 3 heteroatoms. The Morgan fingerprint density at radius 3 is 2.00 bits per heavy atom. The Balaban J connectivity index is 2.82. The predicted octanol–water partition coefficient (Wildman–Crippen LogP) is 4.16. The second kappa shape index (κ2) is 6.08. The first-order chi connectivity index (χ1) is 10.0. The van der Waals surface area contributed by atoms with E-state index < -0.39 is 0 Å². The van der Waals surface area contributed by atoms with Crippen LogP contribution in [0.15, 0.2) is 24.3 Å². The zero-order valence-corrected chi connectivity index (χ0v) is 12.8. The minimum absolute atomic E-state index is 0.0103. The van der Waals surface area contributed by atoms with Crippen LogP contribution in [0.3, 0.4) is 0 Å². The van der Waals surface area contributed by atoms with Gasteiger partial charge in [0, 0.05) is 17.2 Å². The molecule has 0 atom stereocenters. The monoisotopic (exact) mass is 286 g/mol. The van der Waals surface area contributed by atoms with Crippen LogP contribution in [-0.4, -0.2) is 15.3 Å². The number of rotatable bonds is 4. The molecular weight excluding hydrogens is 264 g/mol. The number of phenols is 3. The molecule has 0 saturated heterocycles. The highest BCUT2D eigenvalue weighted by Gasteiger charge is 2.19. The van der Waals surface area contributed by atoms with Crippen LogP contribution in [0.4, 0.5) is 0 Å². The fourth-order valence-electron chi connectivity index (χ4n) is 2.84. The molecule has 0 aliphatic carbocycles. The molecule has 2 aromatic rings. The molecule has 3 N–H and O–H groups in total. The van der Waals surface area contributed by atoms with Gasteiger partial charge < -0.3 is 15.3 Å². The smallest absolute Gasteiger partial charge is 0.127 e. The lowest BCUT2D eigenvalue weighted by Crippen LogP contribution is -1.99. The van der Waals surface area contributed by atoms with Crippen LogP contribution in [0.5, 0.6) is 17.2 Å². The second-order valence-electron chi connectivity index (χ2n) is 5.16. The molecule has 2 aromatic carbocycles. The van der Waals surface area contributed by atoms with Gasteiger partial charge in [0.1, 0.15) is 17.2 Å². The van der Waals surface area contributed by atoms with Crippen LogP contribution in [0.25, 0.3) is 11.1 Å². The summed E-state index contributed by atoms with van der Waals surface area (Å²) in [7, 11) is 0. The van der Waals surface area contributed by atoms with Gasteiger partial charge in [0.05, 0.1) is 0 Å². The largest absolute Gasteiger partial charge is 0.508 e. The van der Waals surface area contributed by atoms with Crippen LogP contribution in [-0.2, 0) is 19.3 Å². The first-order valence-electron chi connectivity index (χ1n) is 7.42. The van der Waals surface area contributed by atoms with Crippen molar-refractivity contribution in [1.29, 1.82) is 0 Å². The molecule has 0 fully saturated rings. The number of hydrogen-bond donors (Lipinski definition) is 3. The maximum Gasteiger partial charge on any atom is 0.127 e. The van der Waals surface area contributed by atoms with Crippen LogP contribution >= 0.6 is 0 Å². The number of hydrogen-bond acceptors (Lipinski definition) is 3. The number of aromatic hydroxyl groups is 3. The van der Waals surface area contributed by atoms with Crippen molar-refractivity contribution in [2.45, 2.75) is 40.0 Å². The van der Waals surface area contributed by atoms with E-state index in [1.54, 1.807) is 6.07 Å². The van der Waals surface area contributed by atoms with E-state index in [1.165, 1.54) is 17.7 Å². The van der Waals surface area contributed by atoms with Crippen molar-refractivity contribution in [3.63, 3.8) is 0 Å². The van der Waals surface area contributed by atoms with Crippen LogP contribution in [0, 0.1) is 0 Å². The SMILES string of the molecule is CCc1cc(CC)c(CC)c(-c2ccc(O)cc2O)c1O. The molecule has 2 rings (SSSR count). The Morgan fingerprint density at radius 2 is 1.48 bits per heavy atom. The molecule has 0 aliphatic heterocycles. The Bertz CT molecular complexity index is 660. The molecular formula is C18H22O3. The molecule has 0 saturated carbocycles. The van der Waals surface area contributed by atoms with Gasteiger partial charge in [-0.2, -0.15) is 0 Å². The van der Waals surface area contributed by atoms with Crippen molar-refractivity contribution >= 4 is 0 Å². The molecule has 0 amide bonds. The molecule has 0 aromatic heterocycles. The zero-order chi connectivity index (χ0) is 15.6. The quantitative estimate of drug-likeness (QED) is 0.791. The first-order valence-corrected chi connectivity index (χ1v) is 7.42. The van der Waals surface area contributed by atoms with Gasteiger partial charge in [-0.1, -0.05) is 26.8 Å². The van der Waals surface area contributed by atoms with Gasteiger partial charge in [0.2, 0.25) is 0 Å². The van der Waals surface area contributed by atoms with Gasteiger partial charge in [0.15, 0.2) is 0 Å². The maximum atomic E-state index is 10.6. The highest BCUT2D eigenvalue weighted by atomic mass is 16.3. The third-order valence-electron chi connectivity index (χ3n) is 3.94. The summed E-state index contributed by atoms with van der Waals surface area (Å²) in [4.78, 5) is 0. The highest BCUT2D eigenvalue weighted by Crippen LogP contribution is 2.43. The Labute approximate surface area is 125 Å². The molecule has 0 bridgehead atoms. The Hall–Kier alpha value is -2.16. The van der Waals surface area contributed by atoms with Crippen LogP contribution in [0.2, 0.25) is 0 Å². The first kappa shape index (κ1) is 15.2. The minimum Gasteiger partial charge on any atom is -0.508 e. The maximum absolute atomic E-state index is 10.6. The fraction of sp³-hybridized carbons (Fsp3) is 0.333. The van der Waals surface area contributed by atoms with Gasteiger partial charge >= 0.3 is 0 Å². The van der Waals surface area contributed by atoms with E-state index in [0.29, 0.717) is 11.1 Å². The number of aryl methyl sites for hydroxylation is 2. The summed E-state index contributed by atoms with van der Waals surface area (Å²) in [6, 6.07) is 6.53. The summed E-state index contributed by atoms with van der Waals surface area (Å²) in [6.07, 6.45) is 2.38. The molecule has 0 radical (unpaired) electrons. The molecule has 0 heterocycles. The zero-order valence-electron chi connectivity index (χ0n) is 12.8. The summed E-state index contributed by atoms with van der Waals surface area (Å²) in [6.45, 7) is 6.13. The van der Waals surface area contributed by atoms with E-state index in [-0.39, 0.29) is 17.2 Å². The molecule has 112 valence electrons. The molecule has 3 nitrogen and oxygen atoms in total. The van der Waals surface area contributed by atoms with Gasteiger partial charge in [-0.05, 0) is 48.1 Å². The molecule has 0 unspecified atom stereocenters. The van der Waals surface area contributed by atoms with Crippen molar-refractivity contribution in [3.05, 3.63) is 41.0 Å². The van der Waals surface area contributed by atoms with Gasteiger partial charge in [0.25, 0.3) is 0 Å². The number of phenolic OH excluding ortho intramolecular Hbond substituents is 3. The van der Waals surface area contributed by atoms with E-state index in [4.69, 9.17) is 0 Å². The van der Waals surface area contributed by atoms with Crippen molar-refractivity contribution in [1.82, 2.24) is 0 Å². The average Bonchev–Trinajstić information content (AvgIpc) is 2.47. The average molecular weight is 286 g/mol. The Kier molecular flexibility index (Phi) is 4.41. The van der Waals surface area contributed by atoms with Gasteiger partial charge in [-0.15, -0.1) is 0 Å². The normalized spacial score (nSPS) is 10.8. The van der Waals surface area contributed by atoms with E-state index in [2.05, 4.69) is 13.0 Å². The van der Waals surface area contributed by atoms with Crippen molar-refractivity contribution in [2.75, 3.05) is 0 Å². The Morgan fingerprint density at radius 1 is 0.810 bits per heavy atom. The predicted molar refractivity (Wildman–Crippen MR) is 85.0 cm³/mol. The summed E-state index contributed by atoms with van der Waals surface area (Å²) in [5, 5.41) is 30.2. The lowest BCUT2D eigenvalue weighted by Gasteiger charge is -2.19. The third kappa shape index (κ3) is 2.68. The second-order valence-corrected chi connectivity index (χ2v) is 5.16. The standard InChI is InChI=1S/C18H22O3/c1-4-11-9-12(5-2)18(21)17(14(11)6-3)15-8-7-13(19)10-16(15)20/h7-10,19-21H,4-6H2,1-3H3. The lowest BCUT2D eigenvalue weighted by molar-refractivity contribution is 0.449. The van der Waals surface area contributed by atoms with Crippen molar-refractivity contribution in [3.8, 4) is 28.4 Å². The molecule has 0 aliphatic rings. The van der Waals surface area contributed by atoms with Crippen molar-refractivity contribution in [2.24, 2.45) is 0 Å². The van der Waals surface area contributed by atoms with Crippen molar-refractivity contribution < 1.29 is 15.3 Å². The summed E-state index contributed by atoms with van der Waals surface area (Å²) in [5.41, 5.74) is 4.37. The third-order valence-corrected chi connectivity index (χ3v) is 3.94. The van der Waals surface area contributed by atoms with E-state index in [1.807, 2.05) is 13.8 Å². The summed E-state index contributed by atoms with van der Waals surface area (Å²) in [5.74, 6) is 0.221. The summed E-state index contributed by atoms with van der Waals surface area (Å²) < 4.78 is 0. The number of benzene rings is 2. The van der Waals surface area contributed by atoms with Gasteiger partial charge in [-0.3, -0.25) is 0 Å². The summed E-state index contributed by atoms with van der Waals surface area (Å²) >= 11 is 0. The molecule has 21 heavy (non-hydrogen) atoms. The van der Waals surface area contributed by atoms with E-state index >= 15 is 0 Å². The highest BCUT2D eigenvalue weighted by molar-refractivity contribution is 5.81. The molecule has 0 spiro atoms. The minimum atomic E-state index is -0.0182.